The fourth-order valence-corrected chi connectivity index (χ4v) is 2.05. The minimum Gasteiger partial charge on any atom is -0.472 e. The van der Waals surface area contributed by atoms with Crippen molar-refractivity contribution in [3.8, 4) is 5.88 Å². The zero-order valence-electron chi connectivity index (χ0n) is 10.8. The number of nitrogens with zero attached hydrogens (tertiary/aromatic N) is 3. The average molecular weight is 268 g/mol. The van der Waals surface area contributed by atoms with Crippen LogP contribution in [0, 0.1) is 0 Å². The van der Waals surface area contributed by atoms with Crippen molar-refractivity contribution >= 4 is 11.6 Å². The summed E-state index contributed by atoms with van der Waals surface area (Å²) >= 11 is 5.67. The van der Waals surface area contributed by atoms with Gasteiger partial charge in [0.25, 0.3) is 0 Å². The molecule has 2 heterocycles. The summed E-state index contributed by atoms with van der Waals surface area (Å²) in [5, 5.41) is 8.03. The molecule has 98 valence electrons. The Morgan fingerprint density at radius 3 is 2.89 bits per heavy atom. The Balaban J connectivity index is 1.81. The van der Waals surface area contributed by atoms with Gasteiger partial charge in [0, 0.05) is 25.7 Å². The van der Waals surface area contributed by atoms with Crippen molar-refractivity contribution < 1.29 is 4.74 Å². The van der Waals surface area contributed by atoms with Crippen LogP contribution in [-0.2, 0) is 0 Å². The van der Waals surface area contributed by atoms with Crippen LogP contribution in [-0.4, -0.2) is 40.8 Å². The molecule has 1 aromatic rings. The van der Waals surface area contributed by atoms with Crippen molar-refractivity contribution in [3.05, 3.63) is 28.9 Å². The smallest absolute Gasteiger partial charge is 0.233 e. The molecular formula is C13H18ClN3O. The summed E-state index contributed by atoms with van der Waals surface area (Å²) in [6.07, 6.45) is 3.51. The molecular weight excluding hydrogens is 250 g/mol. The van der Waals surface area contributed by atoms with E-state index >= 15 is 0 Å². The van der Waals surface area contributed by atoms with Crippen LogP contribution in [0.2, 0.25) is 5.15 Å². The molecule has 1 aromatic heterocycles. The topological polar surface area (TPSA) is 38.2 Å². The summed E-state index contributed by atoms with van der Waals surface area (Å²) < 4.78 is 5.70. The van der Waals surface area contributed by atoms with E-state index < -0.39 is 0 Å². The first-order chi connectivity index (χ1) is 8.63. The molecule has 0 saturated heterocycles. The SMILES string of the molecule is CC1=CCN(CC(C)Oc2ccc(Cl)nn2)CC1. The molecule has 0 saturated carbocycles. The van der Waals surface area contributed by atoms with Crippen LogP contribution >= 0.6 is 11.6 Å². The fourth-order valence-electron chi connectivity index (χ4n) is 1.95. The normalized spacial score (nSPS) is 18.3. The van der Waals surface area contributed by atoms with Gasteiger partial charge in [-0.25, -0.2) is 0 Å². The van der Waals surface area contributed by atoms with E-state index in [1.807, 2.05) is 6.92 Å². The third-order valence-corrected chi connectivity index (χ3v) is 3.17. The van der Waals surface area contributed by atoms with Crippen LogP contribution < -0.4 is 4.74 Å². The van der Waals surface area contributed by atoms with Crippen molar-refractivity contribution in [2.24, 2.45) is 0 Å². The number of halogens is 1. The molecule has 1 aliphatic rings. The first kappa shape index (κ1) is 13.3. The summed E-state index contributed by atoms with van der Waals surface area (Å²) in [5.41, 5.74) is 1.48. The summed E-state index contributed by atoms with van der Waals surface area (Å²) in [6, 6.07) is 3.43. The first-order valence-corrected chi connectivity index (χ1v) is 6.55. The fraction of sp³-hybridized carbons (Fsp3) is 0.538. The number of ether oxygens (including phenoxy) is 1. The Morgan fingerprint density at radius 1 is 1.44 bits per heavy atom. The van der Waals surface area contributed by atoms with Crippen molar-refractivity contribution in [2.45, 2.75) is 26.4 Å². The lowest BCUT2D eigenvalue weighted by molar-refractivity contribution is 0.145. The van der Waals surface area contributed by atoms with E-state index in [4.69, 9.17) is 16.3 Å². The van der Waals surface area contributed by atoms with Crippen molar-refractivity contribution in [1.82, 2.24) is 15.1 Å². The highest BCUT2D eigenvalue weighted by molar-refractivity contribution is 6.29. The molecule has 0 bridgehead atoms. The third kappa shape index (κ3) is 3.96. The van der Waals surface area contributed by atoms with Gasteiger partial charge in [-0.3, -0.25) is 4.90 Å². The van der Waals surface area contributed by atoms with E-state index in [0.29, 0.717) is 11.0 Å². The predicted molar refractivity (Wildman–Crippen MR) is 71.9 cm³/mol. The van der Waals surface area contributed by atoms with Crippen LogP contribution in [0.4, 0.5) is 0 Å². The van der Waals surface area contributed by atoms with Gasteiger partial charge in [0.05, 0.1) is 0 Å². The second-order valence-electron chi connectivity index (χ2n) is 4.68. The molecule has 18 heavy (non-hydrogen) atoms. The Hall–Kier alpha value is -1.13. The molecule has 0 aromatic carbocycles. The van der Waals surface area contributed by atoms with Gasteiger partial charge < -0.3 is 4.74 Å². The molecule has 0 fully saturated rings. The molecule has 4 nitrogen and oxygen atoms in total. The van der Waals surface area contributed by atoms with Crippen LogP contribution in [0.15, 0.2) is 23.8 Å². The number of rotatable bonds is 4. The highest BCUT2D eigenvalue weighted by atomic mass is 35.5. The first-order valence-electron chi connectivity index (χ1n) is 6.17. The van der Waals surface area contributed by atoms with Gasteiger partial charge in [-0.15, -0.1) is 10.2 Å². The van der Waals surface area contributed by atoms with Gasteiger partial charge in [0.15, 0.2) is 5.15 Å². The summed E-state index contributed by atoms with van der Waals surface area (Å²) in [6.45, 7) is 7.23. The molecule has 1 aliphatic heterocycles. The Kier molecular flexibility index (Phi) is 4.55. The van der Waals surface area contributed by atoms with E-state index in [2.05, 4.69) is 28.1 Å². The molecule has 0 aliphatic carbocycles. The van der Waals surface area contributed by atoms with E-state index in [1.165, 1.54) is 5.57 Å². The molecule has 1 unspecified atom stereocenters. The molecule has 0 N–H and O–H groups in total. The quantitative estimate of drug-likeness (QED) is 0.786. The third-order valence-electron chi connectivity index (χ3n) is 2.97. The van der Waals surface area contributed by atoms with Gasteiger partial charge in [-0.1, -0.05) is 23.3 Å². The van der Waals surface area contributed by atoms with Crippen LogP contribution in [0.3, 0.4) is 0 Å². The maximum atomic E-state index is 5.70. The van der Waals surface area contributed by atoms with Crippen LogP contribution in [0.5, 0.6) is 5.88 Å². The second kappa shape index (κ2) is 6.16. The molecule has 0 amide bonds. The Labute approximate surface area is 113 Å². The van der Waals surface area contributed by atoms with Gasteiger partial charge in [-0.05, 0) is 26.3 Å². The summed E-state index contributed by atoms with van der Waals surface area (Å²) in [7, 11) is 0. The monoisotopic (exact) mass is 267 g/mol. The van der Waals surface area contributed by atoms with Crippen LogP contribution in [0.1, 0.15) is 20.3 Å². The lowest BCUT2D eigenvalue weighted by Gasteiger charge is -2.27. The maximum absolute atomic E-state index is 5.70. The molecule has 1 atom stereocenters. The van der Waals surface area contributed by atoms with Gasteiger partial charge in [0.2, 0.25) is 5.88 Å². The zero-order valence-corrected chi connectivity index (χ0v) is 11.5. The number of hydrogen-bond acceptors (Lipinski definition) is 4. The van der Waals surface area contributed by atoms with Crippen LogP contribution in [0.25, 0.3) is 0 Å². The standard InChI is InChI=1S/C13H18ClN3O/c1-10-5-7-17(8-6-10)9-11(2)18-13-4-3-12(14)15-16-13/h3-5,11H,6-9H2,1-2H3. The molecule has 0 radical (unpaired) electrons. The molecule has 0 spiro atoms. The molecule has 2 rings (SSSR count). The van der Waals surface area contributed by atoms with Gasteiger partial charge >= 0.3 is 0 Å². The summed E-state index contributed by atoms with van der Waals surface area (Å²) in [5.74, 6) is 0.524. The maximum Gasteiger partial charge on any atom is 0.233 e. The zero-order chi connectivity index (χ0) is 13.0. The Morgan fingerprint density at radius 2 is 2.28 bits per heavy atom. The largest absolute Gasteiger partial charge is 0.472 e. The van der Waals surface area contributed by atoms with Crippen molar-refractivity contribution in [3.63, 3.8) is 0 Å². The highest BCUT2D eigenvalue weighted by Crippen LogP contribution is 2.13. The Bertz CT molecular complexity index is 419. The summed E-state index contributed by atoms with van der Waals surface area (Å²) in [4.78, 5) is 2.38. The van der Waals surface area contributed by atoms with E-state index in [9.17, 15) is 0 Å². The lowest BCUT2D eigenvalue weighted by atomic mass is 10.1. The van der Waals surface area contributed by atoms with Crippen molar-refractivity contribution in [2.75, 3.05) is 19.6 Å². The van der Waals surface area contributed by atoms with Gasteiger partial charge in [0.1, 0.15) is 6.10 Å². The number of aromatic nitrogens is 2. The predicted octanol–water partition coefficient (Wildman–Crippen LogP) is 2.55. The van der Waals surface area contributed by atoms with Gasteiger partial charge in [-0.2, -0.15) is 0 Å². The average Bonchev–Trinajstić information content (AvgIpc) is 2.35. The van der Waals surface area contributed by atoms with E-state index in [-0.39, 0.29) is 6.10 Å². The highest BCUT2D eigenvalue weighted by Gasteiger charge is 2.14. The minimum absolute atomic E-state index is 0.0901. The second-order valence-corrected chi connectivity index (χ2v) is 5.07. The number of hydrogen-bond donors (Lipinski definition) is 0. The molecule has 5 heteroatoms. The van der Waals surface area contributed by atoms with E-state index in [0.717, 1.165) is 26.1 Å². The minimum atomic E-state index is 0.0901. The lowest BCUT2D eigenvalue weighted by Crippen LogP contribution is -2.36. The van der Waals surface area contributed by atoms with Crippen molar-refractivity contribution in [1.29, 1.82) is 0 Å². The van der Waals surface area contributed by atoms with E-state index in [1.54, 1.807) is 12.1 Å².